The van der Waals surface area contributed by atoms with Gasteiger partial charge in [-0.05, 0) is 66.8 Å². The number of allylic oxidation sites excluding steroid dienone is 2. The Labute approximate surface area is 216 Å². The molecular weight excluding hydrogens is 462 g/mol. The molecule has 0 unspecified atom stereocenters. The number of fused-ring (bicyclic) bond motifs is 5. The lowest BCUT2D eigenvalue weighted by Crippen LogP contribution is -2.41. The van der Waals surface area contributed by atoms with Crippen LogP contribution in [0.5, 0.6) is 5.75 Å². The Balaban J connectivity index is 1.58. The van der Waals surface area contributed by atoms with Gasteiger partial charge in [0.2, 0.25) is 11.8 Å². The lowest BCUT2D eigenvalue weighted by Gasteiger charge is -2.37. The first-order chi connectivity index (χ1) is 17.9. The summed E-state index contributed by atoms with van der Waals surface area (Å²) in [5.41, 5.74) is 1.95. The number of imide groups is 1. The second kappa shape index (κ2) is 8.27. The lowest BCUT2D eigenvalue weighted by atomic mass is 9.62. The van der Waals surface area contributed by atoms with Crippen molar-refractivity contribution in [3.05, 3.63) is 96.1 Å². The van der Waals surface area contributed by atoms with E-state index in [4.69, 9.17) is 4.74 Å². The number of carbonyl (C=O) groups is 3. The average molecular weight is 492 g/mol. The monoisotopic (exact) mass is 491 g/mol. The summed E-state index contributed by atoms with van der Waals surface area (Å²) >= 11 is 0. The zero-order valence-electron chi connectivity index (χ0n) is 21.2. The first kappa shape index (κ1) is 23.4. The largest absolute Gasteiger partial charge is 0.494 e. The van der Waals surface area contributed by atoms with Crippen LogP contribution in [0.1, 0.15) is 38.3 Å². The standard InChI is InChI=1S/C32H29NO4/c1-4-32-25(21-14-10-7-11-15-21)24(20-12-8-6-9-13-20)31(3,30(32)36)26-27(32)29(35)33(28(26)34)22-16-18-23(19-17-22)37-5-2/h6-19,26-27H,4-5H2,1-3H3/t26-,27+,31-,32+/m0/s1. The van der Waals surface area contributed by atoms with Crippen LogP contribution in [0.4, 0.5) is 5.69 Å². The van der Waals surface area contributed by atoms with Crippen molar-refractivity contribution in [1.29, 1.82) is 0 Å². The molecular formula is C32H29NO4. The number of benzene rings is 3. The second-order valence-electron chi connectivity index (χ2n) is 10.2. The van der Waals surface area contributed by atoms with Crippen LogP contribution in [0, 0.1) is 22.7 Å². The SMILES string of the molecule is CCOc1ccc(N2C(=O)[C@@H]3[C@H](C2=O)[C@]2(CC)C(=O)[C@@]3(C)C(c3ccccc3)=C2c2ccccc2)cc1. The van der Waals surface area contributed by atoms with Gasteiger partial charge in [-0.3, -0.25) is 14.4 Å². The number of hydrogen-bond donors (Lipinski definition) is 0. The Morgan fingerprint density at radius 1 is 0.730 bits per heavy atom. The van der Waals surface area contributed by atoms with E-state index >= 15 is 0 Å². The van der Waals surface area contributed by atoms with Gasteiger partial charge < -0.3 is 4.74 Å². The number of rotatable bonds is 6. The summed E-state index contributed by atoms with van der Waals surface area (Å²) in [6, 6.07) is 26.8. The molecule has 0 N–H and O–H groups in total. The minimum absolute atomic E-state index is 0.0109. The third-order valence-corrected chi connectivity index (χ3v) is 8.64. The van der Waals surface area contributed by atoms with Crippen molar-refractivity contribution in [2.75, 3.05) is 11.5 Å². The van der Waals surface area contributed by atoms with Crippen molar-refractivity contribution in [3.63, 3.8) is 0 Å². The first-order valence-corrected chi connectivity index (χ1v) is 12.9. The van der Waals surface area contributed by atoms with E-state index in [-0.39, 0.29) is 17.6 Å². The summed E-state index contributed by atoms with van der Waals surface area (Å²) in [5, 5.41) is 0. The molecule has 2 bridgehead atoms. The smallest absolute Gasteiger partial charge is 0.239 e. The first-order valence-electron chi connectivity index (χ1n) is 12.9. The molecule has 1 saturated carbocycles. The van der Waals surface area contributed by atoms with E-state index in [0.717, 1.165) is 22.3 Å². The number of nitrogens with zero attached hydrogens (tertiary/aromatic N) is 1. The van der Waals surface area contributed by atoms with Crippen molar-refractivity contribution >= 4 is 34.4 Å². The predicted molar refractivity (Wildman–Crippen MR) is 143 cm³/mol. The molecule has 37 heavy (non-hydrogen) atoms. The molecule has 1 heterocycles. The molecule has 1 saturated heterocycles. The summed E-state index contributed by atoms with van der Waals surface area (Å²) in [7, 11) is 0. The van der Waals surface area contributed by atoms with Crippen molar-refractivity contribution in [1.82, 2.24) is 0 Å². The Morgan fingerprint density at radius 3 is 1.81 bits per heavy atom. The van der Waals surface area contributed by atoms with Crippen LogP contribution in [0.15, 0.2) is 84.9 Å². The van der Waals surface area contributed by atoms with E-state index in [1.54, 1.807) is 24.3 Å². The molecule has 0 spiro atoms. The van der Waals surface area contributed by atoms with Gasteiger partial charge in [-0.25, -0.2) is 4.90 Å². The quantitative estimate of drug-likeness (QED) is 0.409. The number of amides is 2. The fourth-order valence-electron chi connectivity index (χ4n) is 7.24. The Morgan fingerprint density at radius 2 is 1.27 bits per heavy atom. The van der Waals surface area contributed by atoms with Crippen molar-refractivity contribution < 1.29 is 19.1 Å². The lowest BCUT2D eigenvalue weighted by molar-refractivity contribution is -0.134. The highest BCUT2D eigenvalue weighted by Gasteiger charge is 2.79. The maximum absolute atomic E-state index is 14.5. The maximum Gasteiger partial charge on any atom is 0.239 e. The van der Waals surface area contributed by atoms with E-state index in [0.29, 0.717) is 24.5 Å². The van der Waals surface area contributed by atoms with Crippen LogP contribution in [0.3, 0.4) is 0 Å². The van der Waals surface area contributed by atoms with Crippen LogP contribution in [0.2, 0.25) is 0 Å². The van der Waals surface area contributed by atoms with Gasteiger partial charge in [0.1, 0.15) is 5.75 Å². The van der Waals surface area contributed by atoms with E-state index in [1.165, 1.54) is 4.90 Å². The highest BCUT2D eigenvalue weighted by Crippen LogP contribution is 2.74. The molecule has 6 rings (SSSR count). The summed E-state index contributed by atoms with van der Waals surface area (Å²) in [4.78, 5) is 44.1. The van der Waals surface area contributed by atoms with Crippen molar-refractivity contribution in [2.45, 2.75) is 27.2 Å². The molecule has 3 aromatic carbocycles. The summed E-state index contributed by atoms with van der Waals surface area (Å²) in [5.74, 6) is -1.41. The van der Waals surface area contributed by atoms with Gasteiger partial charge in [-0.2, -0.15) is 0 Å². The Kier molecular flexibility index (Phi) is 5.23. The third-order valence-electron chi connectivity index (χ3n) is 8.64. The number of ether oxygens (including phenoxy) is 1. The molecule has 2 amide bonds. The molecule has 5 heteroatoms. The third kappa shape index (κ3) is 2.88. The molecule has 5 nitrogen and oxygen atoms in total. The zero-order valence-corrected chi connectivity index (χ0v) is 21.2. The number of hydrogen-bond acceptors (Lipinski definition) is 4. The van der Waals surface area contributed by atoms with E-state index in [1.807, 2.05) is 81.4 Å². The van der Waals surface area contributed by atoms with E-state index < -0.39 is 22.7 Å². The number of ketones is 1. The van der Waals surface area contributed by atoms with Gasteiger partial charge in [0.15, 0.2) is 5.78 Å². The van der Waals surface area contributed by atoms with Crippen LogP contribution in [-0.4, -0.2) is 24.2 Å². The topological polar surface area (TPSA) is 63.7 Å². The molecule has 0 radical (unpaired) electrons. The molecule has 1 aliphatic heterocycles. The zero-order chi connectivity index (χ0) is 25.9. The van der Waals surface area contributed by atoms with Crippen LogP contribution in [-0.2, 0) is 14.4 Å². The predicted octanol–water partition coefficient (Wildman–Crippen LogP) is 5.80. The average Bonchev–Trinajstić information content (AvgIpc) is 3.40. The van der Waals surface area contributed by atoms with Crippen LogP contribution in [0.25, 0.3) is 11.1 Å². The molecule has 3 aromatic rings. The fraction of sp³-hybridized carbons (Fsp3) is 0.281. The van der Waals surface area contributed by atoms with E-state index in [2.05, 4.69) is 0 Å². The summed E-state index contributed by atoms with van der Waals surface area (Å²) in [6.07, 6.45) is 0.444. The molecule has 186 valence electrons. The molecule has 3 aliphatic rings. The summed E-state index contributed by atoms with van der Waals surface area (Å²) in [6.45, 7) is 6.28. The number of anilines is 1. The number of carbonyl (C=O) groups excluding carboxylic acids is 3. The van der Waals surface area contributed by atoms with Gasteiger partial charge in [0.25, 0.3) is 0 Å². The highest BCUT2D eigenvalue weighted by atomic mass is 16.5. The van der Waals surface area contributed by atoms with Crippen molar-refractivity contribution in [2.24, 2.45) is 22.7 Å². The fourth-order valence-corrected chi connectivity index (χ4v) is 7.24. The van der Waals surface area contributed by atoms with Gasteiger partial charge >= 0.3 is 0 Å². The summed E-state index contributed by atoms with van der Waals surface area (Å²) < 4.78 is 5.55. The van der Waals surface area contributed by atoms with Crippen LogP contribution < -0.4 is 9.64 Å². The Hall–Kier alpha value is -3.99. The minimum atomic E-state index is -1.11. The van der Waals surface area contributed by atoms with Gasteiger partial charge in [0.05, 0.1) is 35.0 Å². The van der Waals surface area contributed by atoms with Gasteiger partial charge in [-0.1, -0.05) is 67.6 Å². The molecule has 2 fully saturated rings. The minimum Gasteiger partial charge on any atom is -0.494 e. The van der Waals surface area contributed by atoms with Crippen LogP contribution >= 0.6 is 0 Å². The Bertz CT molecular complexity index is 1440. The van der Waals surface area contributed by atoms with E-state index in [9.17, 15) is 14.4 Å². The van der Waals surface area contributed by atoms with Gasteiger partial charge in [0, 0.05) is 0 Å². The normalized spacial score (nSPS) is 28.3. The maximum atomic E-state index is 14.5. The second-order valence-corrected chi connectivity index (χ2v) is 10.2. The highest BCUT2D eigenvalue weighted by molar-refractivity contribution is 6.34. The van der Waals surface area contributed by atoms with Gasteiger partial charge in [-0.15, -0.1) is 0 Å². The molecule has 0 aromatic heterocycles. The molecule has 4 atom stereocenters. The molecule has 2 aliphatic carbocycles. The number of Topliss-reactive ketones (excluding diaryl/α,β-unsaturated/α-hetero) is 1. The van der Waals surface area contributed by atoms with Crippen molar-refractivity contribution in [3.8, 4) is 5.75 Å².